The van der Waals surface area contributed by atoms with Crippen LogP contribution in [0.25, 0.3) is 10.9 Å². The van der Waals surface area contributed by atoms with Crippen molar-refractivity contribution < 1.29 is 48.3 Å². The van der Waals surface area contributed by atoms with E-state index in [1.807, 2.05) is 32.0 Å². The fourth-order valence-electron chi connectivity index (χ4n) is 7.94. The molecule has 0 aliphatic carbocycles. The van der Waals surface area contributed by atoms with Crippen LogP contribution in [0, 0.1) is 17.2 Å². The maximum atomic E-state index is 14.6. The van der Waals surface area contributed by atoms with Crippen molar-refractivity contribution in [1.82, 2.24) is 52.4 Å². The average Bonchev–Trinajstić information content (AvgIpc) is 3.98. The second-order valence-corrected chi connectivity index (χ2v) is 19.4. The van der Waals surface area contributed by atoms with Gasteiger partial charge in [-0.25, -0.2) is 0 Å². The maximum Gasteiger partial charge on any atom is 0.246 e. The van der Waals surface area contributed by atoms with Gasteiger partial charge < -0.3 is 74.7 Å². The molecular weight excluding hydrogens is 973 g/mol. The third kappa shape index (κ3) is 17.9. The van der Waals surface area contributed by atoms with Crippen LogP contribution in [0.4, 0.5) is 0 Å². The lowest BCUT2D eigenvalue weighted by molar-refractivity contribution is -0.143. The molecule has 1 aliphatic rings. The average molecular weight is 1050 g/mol. The number of H-pyrrole nitrogens is 1. The first kappa shape index (κ1) is 60.2. The number of para-hydroxylation sites is 1. The quantitative estimate of drug-likeness (QED) is 0.0177. The Hall–Kier alpha value is -6.12. The van der Waals surface area contributed by atoms with E-state index in [0.29, 0.717) is 12.0 Å². The molecule has 1 fully saturated rings. The van der Waals surface area contributed by atoms with Crippen LogP contribution in [0.5, 0.6) is 0 Å². The maximum absolute atomic E-state index is 14.6. The number of nitrogens with zero attached hydrogens (tertiary/aromatic N) is 1. The van der Waals surface area contributed by atoms with E-state index in [1.54, 1.807) is 26.1 Å². The third-order valence-electron chi connectivity index (χ3n) is 11.9. The molecule has 26 heteroatoms. The number of likely N-dealkylation sites (tertiary alicyclic amines) is 1. The highest BCUT2D eigenvalue weighted by atomic mass is 32.1. The number of hydrogen-bond donors (Lipinski definition) is 16. The lowest BCUT2D eigenvalue weighted by Crippen LogP contribution is -2.61. The zero-order valence-electron chi connectivity index (χ0n) is 41.6. The standard InChI is InChI=1S/C46H74N14O10S2/c1-22(2)17-30(54-38(63)24(5)47)40(65)56-32(20-71)42(67)55-31(18-26-19-52-28-12-8-7-11-27(26)28)41(66)53-29(13-9-15-51-46(49)50)39(64)58-35(23(3)4)45(70)60-16-10-14-34(60)44(69)57-33(21-72)43(68)59-36(25(6)61)37(48)62/h7-8,11-12,19,22-25,29-36,52,61,71-72H,9-10,13-18,20-21,47H2,1-6H3,(H2,48,62)(H,53,66)(H,54,63)(H,55,67)(H,56,65)(H,57,69)(H,58,64)(H,59,68)(H4,49,50,51)/t24-,25+,29-,30-,31-,32-,33-,34-,35-,36-/m0/s1. The van der Waals surface area contributed by atoms with Gasteiger partial charge >= 0.3 is 0 Å². The number of guanidine groups is 1. The number of carbonyl (C=O) groups is 9. The molecule has 2 aromatic rings. The zero-order chi connectivity index (χ0) is 54.0. The van der Waals surface area contributed by atoms with Crippen molar-refractivity contribution in [3.05, 3.63) is 36.0 Å². The van der Waals surface area contributed by atoms with Gasteiger partial charge in [0, 0.05) is 48.1 Å². The number of aliphatic hydroxyl groups is 1. The topological polar surface area (TPSA) is 391 Å². The van der Waals surface area contributed by atoms with Crippen molar-refractivity contribution in [3.8, 4) is 0 Å². The lowest BCUT2D eigenvalue weighted by atomic mass is 10.00. The van der Waals surface area contributed by atoms with E-state index < -0.39 is 120 Å². The molecule has 0 spiro atoms. The summed E-state index contributed by atoms with van der Waals surface area (Å²) in [6, 6.07) is -3.70. The number of benzene rings is 1. The van der Waals surface area contributed by atoms with Gasteiger partial charge in [0.15, 0.2) is 5.96 Å². The Bertz CT molecular complexity index is 2240. The molecule has 400 valence electrons. The van der Waals surface area contributed by atoms with Crippen molar-refractivity contribution >= 4 is 95.3 Å². The van der Waals surface area contributed by atoms with E-state index in [-0.39, 0.29) is 68.6 Å². The molecule has 0 saturated carbocycles. The first-order chi connectivity index (χ1) is 33.9. The van der Waals surface area contributed by atoms with Gasteiger partial charge in [0.25, 0.3) is 0 Å². The first-order valence-electron chi connectivity index (χ1n) is 23.9. The Balaban J connectivity index is 1.92. The Morgan fingerprint density at radius 2 is 1.29 bits per heavy atom. The summed E-state index contributed by atoms with van der Waals surface area (Å²) >= 11 is 8.50. The number of fused-ring (bicyclic) bond motifs is 1. The summed E-state index contributed by atoms with van der Waals surface area (Å²) in [6.45, 7) is 10.0. The van der Waals surface area contributed by atoms with Crippen LogP contribution in [0.2, 0.25) is 0 Å². The van der Waals surface area contributed by atoms with E-state index in [9.17, 15) is 48.3 Å². The first-order valence-corrected chi connectivity index (χ1v) is 25.2. The fraction of sp³-hybridized carbons (Fsp3) is 0.609. The van der Waals surface area contributed by atoms with Crippen LogP contribution in [0.15, 0.2) is 30.5 Å². The SMILES string of the molecule is CC(C)C[C@H](NC(=O)[C@H](C)N)C(=O)N[C@@H](CS)C(=O)N[C@@H](Cc1c[nH]c2ccccc12)C(=O)N[C@@H](CCCNC(=N)N)C(=O)N[C@H](C(=O)N1CCC[C@H]1C(=O)N[C@@H](CS)C(=O)N[C@H](C(N)=O)[C@@H](C)O)C(C)C. The summed E-state index contributed by atoms with van der Waals surface area (Å²) in [5.41, 5.74) is 17.9. The molecule has 24 nitrogen and oxygen atoms in total. The van der Waals surface area contributed by atoms with Gasteiger partial charge in [-0.1, -0.05) is 45.9 Å². The van der Waals surface area contributed by atoms with Gasteiger partial charge in [-0.15, -0.1) is 0 Å². The Kier molecular flexibility index (Phi) is 24.1. The van der Waals surface area contributed by atoms with Crippen LogP contribution >= 0.6 is 25.3 Å². The van der Waals surface area contributed by atoms with Crippen LogP contribution in [-0.2, 0) is 49.6 Å². The lowest BCUT2D eigenvalue weighted by Gasteiger charge is -2.32. The minimum absolute atomic E-state index is 0.0380. The molecule has 0 bridgehead atoms. The number of aliphatic hydroxyl groups excluding tert-OH is 1. The highest BCUT2D eigenvalue weighted by Crippen LogP contribution is 2.22. The molecule has 1 saturated heterocycles. The highest BCUT2D eigenvalue weighted by Gasteiger charge is 2.41. The van der Waals surface area contributed by atoms with Gasteiger partial charge in [-0.05, 0) is 69.4 Å². The summed E-state index contributed by atoms with van der Waals surface area (Å²) < 4.78 is 0. The Morgan fingerprint density at radius 3 is 1.88 bits per heavy atom. The van der Waals surface area contributed by atoms with Crippen molar-refractivity contribution in [2.75, 3.05) is 24.6 Å². The number of nitrogens with two attached hydrogens (primary N) is 3. The molecule has 10 atom stereocenters. The monoisotopic (exact) mass is 1050 g/mol. The summed E-state index contributed by atoms with van der Waals surface area (Å²) in [7, 11) is 0. The van der Waals surface area contributed by atoms with Crippen LogP contribution in [0.1, 0.15) is 79.2 Å². The molecule has 2 heterocycles. The number of nitrogens with one attached hydrogen (secondary N) is 10. The number of thiol groups is 2. The van der Waals surface area contributed by atoms with E-state index in [1.165, 1.54) is 18.7 Å². The highest BCUT2D eigenvalue weighted by molar-refractivity contribution is 7.80. The van der Waals surface area contributed by atoms with Crippen LogP contribution in [0.3, 0.4) is 0 Å². The van der Waals surface area contributed by atoms with Crippen LogP contribution in [-0.4, -0.2) is 159 Å². The van der Waals surface area contributed by atoms with Gasteiger partial charge in [0.05, 0.1) is 12.1 Å². The molecule has 0 unspecified atom stereocenters. The number of aromatic nitrogens is 1. The number of hydrogen-bond acceptors (Lipinski definition) is 14. The summed E-state index contributed by atoms with van der Waals surface area (Å²) in [4.78, 5) is 126. The molecule has 3 rings (SSSR count). The number of aromatic amines is 1. The smallest absolute Gasteiger partial charge is 0.246 e. The summed E-state index contributed by atoms with van der Waals surface area (Å²) in [5, 5.41) is 39.3. The van der Waals surface area contributed by atoms with Crippen molar-refractivity contribution in [2.24, 2.45) is 29.0 Å². The molecule has 0 radical (unpaired) electrons. The van der Waals surface area contributed by atoms with Crippen molar-refractivity contribution in [1.29, 1.82) is 5.41 Å². The predicted octanol–water partition coefficient (Wildman–Crippen LogP) is -2.87. The molecule has 1 aliphatic heterocycles. The molecule has 1 aromatic heterocycles. The van der Waals surface area contributed by atoms with Gasteiger partial charge in [-0.2, -0.15) is 25.3 Å². The molecule has 72 heavy (non-hydrogen) atoms. The number of rotatable bonds is 28. The zero-order valence-corrected chi connectivity index (χ0v) is 43.4. The molecule has 17 N–H and O–H groups in total. The fourth-order valence-corrected chi connectivity index (χ4v) is 8.45. The van der Waals surface area contributed by atoms with Gasteiger partial charge in [0.2, 0.25) is 53.2 Å². The summed E-state index contributed by atoms with van der Waals surface area (Å²) in [5.74, 6) is -8.13. The second-order valence-electron chi connectivity index (χ2n) is 18.7. The van der Waals surface area contributed by atoms with Crippen LogP contribution < -0.4 is 59.7 Å². The second kappa shape index (κ2) is 28.8. The van der Waals surface area contributed by atoms with E-state index in [4.69, 9.17) is 22.6 Å². The minimum Gasteiger partial charge on any atom is -0.391 e. The predicted molar refractivity (Wildman–Crippen MR) is 276 cm³/mol. The van der Waals surface area contributed by atoms with Gasteiger partial charge in [-0.3, -0.25) is 48.6 Å². The molecule has 9 amide bonds. The molecule has 1 aromatic carbocycles. The number of primary amides is 1. The van der Waals surface area contributed by atoms with Gasteiger partial charge in [0.1, 0.15) is 48.3 Å². The van der Waals surface area contributed by atoms with Crippen molar-refractivity contribution in [3.63, 3.8) is 0 Å². The van der Waals surface area contributed by atoms with E-state index in [0.717, 1.165) is 10.9 Å². The Morgan fingerprint density at radius 1 is 0.750 bits per heavy atom. The number of carbonyl (C=O) groups excluding carboxylic acids is 9. The molecular formula is C46H74N14O10S2. The van der Waals surface area contributed by atoms with E-state index in [2.05, 4.69) is 72.8 Å². The normalized spacial score (nSPS) is 17.2. The van der Waals surface area contributed by atoms with Crippen molar-refractivity contribution in [2.45, 2.75) is 141 Å². The summed E-state index contributed by atoms with van der Waals surface area (Å²) in [6.07, 6.45) is 1.23. The van der Waals surface area contributed by atoms with E-state index >= 15 is 0 Å². The largest absolute Gasteiger partial charge is 0.391 e. The number of amides is 9. The minimum atomic E-state index is -1.44. The Labute approximate surface area is 430 Å². The third-order valence-corrected chi connectivity index (χ3v) is 12.6.